The molecule has 0 saturated carbocycles. The third-order valence-corrected chi connectivity index (χ3v) is 4.00. The van der Waals surface area contributed by atoms with Crippen LogP contribution in [0.5, 0.6) is 0 Å². The van der Waals surface area contributed by atoms with E-state index in [1.807, 2.05) is 0 Å². The lowest BCUT2D eigenvalue weighted by Crippen LogP contribution is -2.18. The predicted octanol–water partition coefficient (Wildman–Crippen LogP) is 1.14. The maximum Gasteiger partial charge on any atom is 0.257 e. The molecule has 0 aliphatic heterocycles. The number of hydrogen-bond donors (Lipinski definition) is 0. The standard InChI is InChI=1S/C9H12F2N2O3S/c1-2-3-17(15,16)9-7(6-14)4-12-13(9)5-8(10)11/h4,6,8H,2-3,5H2,1H3. The Kier molecular flexibility index (Phi) is 4.33. The Morgan fingerprint density at radius 3 is 2.65 bits per heavy atom. The molecular formula is C9H12F2N2O3S. The lowest BCUT2D eigenvalue weighted by atomic mass is 10.4. The van der Waals surface area contributed by atoms with E-state index in [1.54, 1.807) is 6.92 Å². The summed E-state index contributed by atoms with van der Waals surface area (Å²) in [6.07, 6.45) is -1.11. The van der Waals surface area contributed by atoms with Crippen molar-refractivity contribution in [2.45, 2.75) is 31.3 Å². The molecule has 0 spiro atoms. The van der Waals surface area contributed by atoms with Gasteiger partial charge in [0.2, 0.25) is 0 Å². The molecule has 1 aromatic rings. The number of hydrogen-bond acceptors (Lipinski definition) is 4. The van der Waals surface area contributed by atoms with E-state index < -0.39 is 27.8 Å². The van der Waals surface area contributed by atoms with Gasteiger partial charge in [-0.25, -0.2) is 21.9 Å². The van der Waals surface area contributed by atoms with Gasteiger partial charge in [0, 0.05) is 0 Å². The van der Waals surface area contributed by atoms with Crippen LogP contribution < -0.4 is 0 Å². The van der Waals surface area contributed by atoms with E-state index in [1.165, 1.54) is 0 Å². The zero-order valence-electron chi connectivity index (χ0n) is 9.14. The Hall–Kier alpha value is -1.31. The summed E-state index contributed by atoms with van der Waals surface area (Å²) in [6, 6.07) is 0. The first-order valence-corrected chi connectivity index (χ1v) is 6.59. The van der Waals surface area contributed by atoms with Crippen LogP contribution in [-0.4, -0.2) is 36.7 Å². The lowest BCUT2D eigenvalue weighted by Gasteiger charge is -2.07. The van der Waals surface area contributed by atoms with Crippen molar-refractivity contribution in [1.29, 1.82) is 0 Å². The molecular weight excluding hydrogens is 254 g/mol. The van der Waals surface area contributed by atoms with Gasteiger partial charge in [-0.05, 0) is 6.42 Å². The van der Waals surface area contributed by atoms with Crippen molar-refractivity contribution < 1.29 is 22.0 Å². The van der Waals surface area contributed by atoms with E-state index in [-0.39, 0.29) is 11.3 Å². The third kappa shape index (κ3) is 3.09. The van der Waals surface area contributed by atoms with Gasteiger partial charge in [0.15, 0.2) is 21.1 Å². The van der Waals surface area contributed by atoms with Crippen molar-refractivity contribution >= 4 is 16.1 Å². The highest BCUT2D eigenvalue weighted by Gasteiger charge is 2.25. The number of carbonyl (C=O) groups excluding carboxylic acids is 1. The number of alkyl halides is 2. The molecule has 0 saturated heterocycles. The summed E-state index contributed by atoms with van der Waals surface area (Å²) in [5.41, 5.74) is -0.181. The van der Waals surface area contributed by atoms with Crippen molar-refractivity contribution in [1.82, 2.24) is 9.78 Å². The summed E-state index contributed by atoms with van der Waals surface area (Å²) in [4.78, 5) is 10.7. The minimum Gasteiger partial charge on any atom is -0.298 e. The van der Waals surface area contributed by atoms with Crippen molar-refractivity contribution in [3.63, 3.8) is 0 Å². The van der Waals surface area contributed by atoms with Crippen molar-refractivity contribution in [3.8, 4) is 0 Å². The molecule has 0 bridgehead atoms. The van der Waals surface area contributed by atoms with Crippen LogP contribution in [0.1, 0.15) is 23.7 Å². The van der Waals surface area contributed by atoms with Crippen LogP contribution in [0, 0.1) is 0 Å². The maximum absolute atomic E-state index is 12.2. The molecule has 0 unspecified atom stereocenters. The van der Waals surface area contributed by atoms with Gasteiger partial charge in [-0.15, -0.1) is 0 Å². The summed E-state index contributed by atoms with van der Waals surface area (Å²) in [7, 11) is -3.75. The molecule has 0 radical (unpaired) electrons. The second-order valence-electron chi connectivity index (χ2n) is 3.41. The SMILES string of the molecule is CCCS(=O)(=O)c1c(C=O)cnn1CC(F)F. The van der Waals surface area contributed by atoms with Crippen LogP contribution >= 0.6 is 0 Å². The third-order valence-electron chi connectivity index (χ3n) is 2.02. The van der Waals surface area contributed by atoms with E-state index in [2.05, 4.69) is 5.10 Å². The Morgan fingerprint density at radius 1 is 1.53 bits per heavy atom. The van der Waals surface area contributed by atoms with E-state index in [9.17, 15) is 22.0 Å². The molecule has 1 aromatic heterocycles. The monoisotopic (exact) mass is 266 g/mol. The van der Waals surface area contributed by atoms with E-state index in [0.29, 0.717) is 17.4 Å². The Balaban J connectivity index is 3.27. The minimum absolute atomic E-state index is 0.181. The summed E-state index contributed by atoms with van der Waals surface area (Å²) in [6.45, 7) is 0.804. The average Bonchev–Trinajstić information content (AvgIpc) is 2.60. The van der Waals surface area contributed by atoms with Gasteiger partial charge in [-0.1, -0.05) is 6.92 Å². The summed E-state index contributed by atoms with van der Waals surface area (Å²) < 4.78 is 48.8. The zero-order valence-corrected chi connectivity index (χ0v) is 9.95. The topological polar surface area (TPSA) is 69.0 Å². The Labute approximate surface area is 97.3 Å². The summed E-state index contributed by atoms with van der Waals surface area (Å²) in [5.74, 6) is -0.206. The van der Waals surface area contributed by atoms with Crippen molar-refractivity contribution in [2.24, 2.45) is 0 Å². The quantitative estimate of drug-likeness (QED) is 0.724. The maximum atomic E-state index is 12.2. The number of carbonyl (C=O) groups is 1. The fourth-order valence-electron chi connectivity index (χ4n) is 1.44. The molecule has 17 heavy (non-hydrogen) atoms. The van der Waals surface area contributed by atoms with Crippen LogP contribution in [0.4, 0.5) is 8.78 Å². The number of sulfone groups is 1. The van der Waals surface area contributed by atoms with Crippen LogP contribution in [-0.2, 0) is 16.4 Å². The number of aldehydes is 1. The molecule has 8 heteroatoms. The number of rotatable bonds is 6. The molecule has 0 N–H and O–H groups in total. The van der Waals surface area contributed by atoms with Gasteiger partial charge in [-0.2, -0.15) is 5.10 Å². The van der Waals surface area contributed by atoms with Gasteiger partial charge in [0.05, 0.1) is 17.5 Å². The normalized spacial score (nSPS) is 12.0. The molecule has 1 heterocycles. The smallest absolute Gasteiger partial charge is 0.257 e. The molecule has 5 nitrogen and oxygen atoms in total. The van der Waals surface area contributed by atoms with Crippen molar-refractivity contribution in [2.75, 3.05) is 5.75 Å². The number of nitrogens with zero attached hydrogens (tertiary/aromatic N) is 2. The molecule has 0 aromatic carbocycles. The fourth-order valence-corrected chi connectivity index (χ4v) is 3.07. The van der Waals surface area contributed by atoms with Crippen molar-refractivity contribution in [3.05, 3.63) is 11.8 Å². The highest BCUT2D eigenvalue weighted by atomic mass is 32.2. The minimum atomic E-state index is -3.75. The van der Waals surface area contributed by atoms with Gasteiger partial charge < -0.3 is 0 Å². The van der Waals surface area contributed by atoms with Crippen LogP contribution in [0.25, 0.3) is 0 Å². The van der Waals surface area contributed by atoms with Gasteiger partial charge in [-0.3, -0.25) is 4.79 Å². The second-order valence-corrected chi connectivity index (χ2v) is 5.44. The average molecular weight is 266 g/mol. The van der Waals surface area contributed by atoms with E-state index in [0.717, 1.165) is 6.20 Å². The Morgan fingerprint density at radius 2 is 2.18 bits per heavy atom. The number of halogens is 2. The summed E-state index contributed by atoms with van der Waals surface area (Å²) >= 11 is 0. The van der Waals surface area contributed by atoms with E-state index >= 15 is 0 Å². The fraction of sp³-hybridized carbons (Fsp3) is 0.556. The molecule has 0 amide bonds. The first kappa shape index (κ1) is 13.8. The first-order valence-electron chi connectivity index (χ1n) is 4.94. The highest BCUT2D eigenvalue weighted by molar-refractivity contribution is 7.91. The first-order chi connectivity index (χ1) is 7.92. The van der Waals surface area contributed by atoms with Crippen LogP contribution in [0.3, 0.4) is 0 Å². The van der Waals surface area contributed by atoms with Gasteiger partial charge in [0.1, 0.15) is 6.54 Å². The molecule has 96 valence electrons. The molecule has 0 fully saturated rings. The zero-order chi connectivity index (χ0) is 13.1. The Bertz CT molecular complexity index is 496. The predicted molar refractivity (Wildman–Crippen MR) is 56.0 cm³/mol. The summed E-state index contributed by atoms with van der Waals surface area (Å²) in [5, 5.41) is 3.08. The van der Waals surface area contributed by atoms with E-state index in [4.69, 9.17) is 0 Å². The largest absolute Gasteiger partial charge is 0.298 e. The second kappa shape index (κ2) is 5.35. The number of aromatic nitrogens is 2. The molecule has 0 aliphatic carbocycles. The molecule has 0 aliphatic rings. The van der Waals surface area contributed by atoms with Gasteiger partial charge in [0.25, 0.3) is 6.43 Å². The highest BCUT2D eigenvalue weighted by Crippen LogP contribution is 2.17. The van der Waals surface area contributed by atoms with Crippen LogP contribution in [0.15, 0.2) is 11.2 Å². The molecule has 0 atom stereocenters. The molecule has 1 rings (SSSR count). The lowest BCUT2D eigenvalue weighted by molar-refractivity contribution is 0.110. The van der Waals surface area contributed by atoms with Crippen LogP contribution in [0.2, 0.25) is 0 Å². The van der Waals surface area contributed by atoms with Gasteiger partial charge >= 0.3 is 0 Å².